The second-order valence-corrected chi connectivity index (χ2v) is 6.93. The van der Waals surface area contributed by atoms with Gasteiger partial charge in [0, 0.05) is 18.0 Å². The van der Waals surface area contributed by atoms with Crippen LogP contribution in [-0.2, 0) is 4.79 Å². The Kier molecular flexibility index (Phi) is 7.03. The third kappa shape index (κ3) is 5.33. The molecule has 3 N–H and O–H groups in total. The zero-order valence-electron chi connectivity index (χ0n) is 16.1. The summed E-state index contributed by atoms with van der Waals surface area (Å²) in [5, 5.41) is 9.33. The van der Waals surface area contributed by atoms with Crippen LogP contribution in [0.4, 0.5) is 0 Å². The molecule has 148 valence electrons. The number of hydrogen-bond donors (Lipinski definition) is 3. The van der Waals surface area contributed by atoms with Crippen LogP contribution in [0.2, 0.25) is 0 Å². The van der Waals surface area contributed by atoms with Gasteiger partial charge in [0.15, 0.2) is 0 Å². The van der Waals surface area contributed by atoms with Gasteiger partial charge in [0.05, 0.1) is 13.2 Å². The van der Waals surface area contributed by atoms with Crippen molar-refractivity contribution in [3.05, 3.63) is 65.7 Å². The molecular formula is C22H27N3O3. The molecule has 3 rings (SSSR count). The van der Waals surface area contributed by atoms with Gasteiger partial charge in [0.1, 0.15) is 5.75 Å². The van der Waals surface area contributed by atoms with E-state index in [2.05, 4.69) is 16.0 Å². The average Bonchev–Trinajstić information content (AvgIpc) is 2.77. The normalized spacial score (nSPS) is 15.5. The standard InChI is InChI=1S/C22H27N3O3/c1-28-19-9-7-17(8-10-19)22(27)25-20(16-5-3-2-4-6-16)15-24-21(26)18-11-13-23-14-12-18/h2-10,18,20,23H,11-15H2,1H3,(H,24,26)(H,25,27)/t20-/m0/s1. The topological polar surface area (TPSA) is 79.5 Å². The smallest absolute Gasteiger partial charge is 0.251 e. The van der Waals surface area contributed by atoms with Crippen LogP contribution >= 0.6 is 0 Å². The van der Waals surface area contributed by atoms with E-state index in [1.54, 1.807) is 31.4 Å². The molecular weight excluding hydrogens is 354 g/mol. The van der Waals surface area contributed by atoms with Crippen molar-refractivity contribution in [2.75, 3.05) is 26.7 Å². The summed E-state index contributed by atoms with van der Waals surface area (Å²) in [6.07, 6.45) is 1.69. The number of ether oxygens (including phenoxy) is 1. The Morgan fingerprint density at radius 1 is 1.07 bits per heavy atom. The van der Waals surface area contributed by atoms with Crippen molar-refractivity contribution < 1.29 is 14.3 Å². The summed E-state index contributed by atoms with van der Waals surface area (Å²) in [5.41, 5.74) is 1.50. The van der Waals surface area contributed by atoms with Crippen LogP contribution in [0.5, 0.6) is 5.75 Å². The third-order valence-corrected chi connectivity index (χ3v) is 5.05. The van der Waals surface area contributed by atoms with Gasteiger partial charge in [0.25, 0.3) is 5.91 Å². The van der Waals surface area contributed by atoms with Crippen LogP contribution in [0.1, 0.15) is 34.8 Å². The minimum atomic E-state index is -0.304. The summed E-state index contributed by atoms with van der Waals surface area (Å²) in [7, 11) is 1.59. The Morgan fingerprint density at radius 3 is 2.39 bits per heavy atom. The lowest BCUT2D eigenvalue weighted by Gasteiger charge is -2.24. The van der Waals surface area contributed by atoms with Gasteiger partial charge in [-0.05, 0) is 55.8 Å². The molecule has 1 atom stereocenters. The van der Waals surface area contributed by atoms with Crippen LogP contribution in [0.3, 0.4) is 0 Å². The number of amides is 2. The van der Waals surface area contributed by atoms with Crippen LogP contribution < -0.4 is 20.7 Å². The predicted molar refractivity (Wildman–Crippen MR) is 108 cm³/mol. The molecule has 2 amide bonds. The maximum Gasteiger partial charge on any atom is 0.251 e. The lowest BCUT2D eigenvalue weighted by atomic mass is 9.97. The summed E-state index contributed by atoms with van der Waals surface area (Å²) >= 11 is 0. The minimum Gasteiger partial charge on any atom is -0.497 e. The molecule has 0 bridgehead atoms. The molecule has 2 aromatic rings. The second kappa shape index (κ2) is 9.90. The first-order valence-corrected chi connectivity index (χ1v) is 9.65. The Bertz CT molecular complexity index is 771. The van der Waals surface area contributed by atoms with Gasteiger partial charge in [-0.15, -0.1) is 0 Å². The Balaban J connectivity index is 1.66. The fraction of sp³-hybridized carbons (Fsp3) is 0.364. The van der Waals surface area contributed by atoms with Gasteiger partial charge in [-0.2, -0.15) is 0 Å². The van der Waals surface area contributed by atoms with Crippen molar-refractivity contribution >= 4 is 11.8 Å². The number of carbonyl (C=O) groups excluding carboxylic acids is 2. The zero-order chi connectivity index (χ0) is 19.8. The maximum absolute atomic E-state index is 12.7. The number of hydrogen-bond acceptors (Lipinski definition) is 4. The Hall–Kier alpha value is -2.86. The molecule has 1 saturated heterocycles. The highest BCUT2D eigenvalue weighted by Gasteiger charge is 2.22. The van der Waals surface area contributed by atoms with E-state index in [9.17, 15) is 9.59 Å². The van der Waals surface area contributed by atoms with E-state index < -0.39 is 0 Å². The maximum atomic E-state index is 12.7. The molecule has 6 nitrogen and oxygen atoms in total. The summed E-state index contributed by atoms with van der Waals surface area (Å²) in [6, 6.07) is 16.4. The molecule has 1 aliphatic heterocycles. The van der Waals surface area contributed by atoms with Crippen LogP contribution in [0.25, 0.3) is 0 Å². The molecule has 28 heavy (non-hydrogen) atoms. The minimum absolute atomic E-state index is 0.0370. The molecule has 1 fully saturated rings. The highest BCUT2D eigenvalue weighted by molar-refractivity contribution is 5.94. The highest BCUT2D eigenvalue weighted by atomic mass is 16.5. The van der Waals surface area contributed by atoms with Gasteiger partial charge in [-0.25, -0.2) is 0 Å². The number of methoxy groups -OCH3 is 1. The number of carbonyl (C=O) groups is 2. The van der Waals surface area contributed by atoms with Crippen molar-refractivity contribution in [1.29, 1.82) is 0 Å². The van der Waals surface area contributed by atoms with Gasteiger partial charge >= 0.3 is 0 Å². The van der Waals surface area contributed by atoms with Crippen molar-refractivity contribution in [3.63, 3.8) is 0 Å². The summed E-state index contributed by atoms with van der Waals surface area (Å²) in [6.45, 7) is 2.09. The molecule has 0 radical (unpaired) electrons. The van der Waals surface area contributed by atoms with Crippen molar-refractivity contribution in [2.24, 2.45) is 5.92 Å². The fourth-order valence-electron chi connectivity index (χ4n) is 3.35. The molecule has 0 saturated carbocycles. The lowest BCUT2D eigenvalue weighted by Crippen LogP contribution is -2.42. The van der Waals surface area contributed by atoms with E-state index >= 15 is 0 Å². The number of nitrogens with one attached hydrogen (secondary N) is 3. The SMILES string of the molecule is COc1ccc(C(=O)N[C@@H](CNC(=O)C2CCNCC2)c2ccccc2)cc1. The van der Waals surface area contributed by atoms with Gasteiger partial charge in [-0.1, -0.05) is 30.3 Å². The first kappa shape index (κ1) is 19.9. The highest BCUT2D eigenvalue weighted by Crippen LogP contribution is 2.16. The van der Waals surface area contributed by atoms with E-state index in [0.717, 1.165) is 31.5 Å². The number of piperidine rings is 1. The van der Waals surface area contributed by atoms with E-state index in [-0.39, 0.29) is 23.8 Å². The van der Waals surface area contributed by atoms with Gasteiger partial charge in [0.2, 0.25) is 5.91 Å². The molecule has 0 spiro atoms. The number of benzene rings is 2. The monoisotopic (exact) mass is 381 g/mol. The van der Waals surface area contributed by atoms with Crippen LogP contribution in [0.15, 0.2) is 54.6 Å². The molecule has 1 aliphatic rings. The van der Waals surface area contributed by atoms with Gasteiger partial charge in [-0.3, -0.25) is 9.59 Å². The van der Waals surface area contributed by atoms with E-state index in [4.69, 9.17) is 4.74 Å². The van der Waals surface area contributed by atoms with E-state index in [1.807, 2.05) is 30.3 Å². The Labute approximate surface area is 165 Å². The molecule has 6 heteroatoms. The largest absolute Gasteiger partial charge is 0.497 e. The second-order valence-electron chi connectivity index (χ2n) is 6.93. The first-order valence-electron chi connectivity index (χ1n) is 9.65. The number of rotatable bonds is 7. The fourth-order valence-corrected chi connectivity index (χ4v) is 3.35. The van der Waals surface area contributed by atoms with Crippen LogP contribution in [-0.4, -0.2) is 38.6 Å². The summed E-state index contributed by atoms with van der Waals surface area (Å²) in [5.74, 6) is 0.606. The van der Waals surface area contributed by atoms with E-state index in [0.29, 0.717) is 17.9 Å². The predicted octanol–water partition coefficient (Wildman–Crippen LogP) is 2.28. The molecule has 2 aromatic carbocycles. The van der Waals surface area contributed by atoms with Gasteiger partial charge < -0.3 is 20.7 Å². The van der Waals surface area contributed by atoms with Crippen molar-refractivity contribution in [2.45, 2.75) is 18.9 Å². The molecule has 1 heterocycles. The summed E-state index contributed by atoms with van der Waals surface area (Å²) in [4.78, 5) is 25.2. The van der Waals surface area contributed by atoms with E-state index in [1.165, 1.54) is 0 Å². The first-order chi connectivity index (χ1) is 13.7. The van der Waals surface area contributed by atoms with Crippen molar-refractivity contribution in [3.8, 4) is 5.75 Å². The quantitative estimate of drug-likeness (QED) is 0.688. The Morgan fingerprint density at radius 2 is 1.75 bits per heavy atom. The molecule has 0 aromatic heterocycles. The van der Waals surface area contributed by atoms with Crippen LogP contribution in [0, 0.1) is 5.92 Å². The zero-order valence-corrected chi connectivity index (χ0v) is 16.1. The van der Waals surface area contributed by atoms with Crippen molar-refractivity contribution in [1.82, 2.24) is 16.0 Å². The average molecular weight is 381 g/mol. The lowest BCUT2D eigenvalue weighted by molar-refractivity contribution is -0.125. The summed E-state index contributed by atoms with van der Waals surface area (Å²) < 4.78 is 5.14. The molecule has 0 aliphatic carbocycles. The molecule has 0 unspecified atom stereocenters. The third-order valence-electron chi connectivity index (χ3n) is 5.05.